The summed E-state index contributed by atoms with van der Waals surface area (Å²) in [4.78, 5) is 5.35. The van der Waals surface area contributed by atoms with Gasteiger partial charge in [0, 0.05) is 18.3 Å². The molecular formula is C9H11NS. The summed E-state index contributed by atoms with van der Waals surface area (Å²) in [6.45, 7) is 3.89. The molecule has 58 valence electrons. The summed E-state index contributed by atoms with van der Waals surface area (Å²) in [5.41, 5.74) is 1.09. The Morgan fingerprint density at radius 1 is 1.64 bits per heavy atom. The lowest BCUT2D eigenvalue weighted by Gasteiger charge is -1.99. The van der Waals surface area contributed by atoms with Crippen molar-refractivity contribution in [2.75, 3.05) is 6.26 Å². The van der Waals surface area contributed by atoms with Crippen LogP contribution in [0.4, 0.5) is 0 Å². The maximum absolute atomic E-state index is 4.19. The van der Waals surface area contributed by atoms with Gasteiger partial charge in [0.2, 0.25) is 0 Å². The van der Waals surface area contributed by atoms with Gasteiger partial charge in [-0.15, -0.1) is 11.8 Å². The van der Waals surface area contributed by atoms with Crippen molar-refractivity contribution >= 4 is 11.8 Å². The second kappa shape index (κ2) is 4.19. The van der Waals surface area contributed by atoms with Gasteiger partial charge in [0.05, 0.1) is 0 Å². The summed E-state index contributed by atoms with van der Waals surface area (Å²) in [5, 5.41) is 0. The summed E-state index contributed by atoms with van der Waals surface area (Å²) >= 11 is 1.69. The Balaban J connectivity index is 2.58. The lowest BCUT2D eigenvalue weighted by atomic mass is 10.3. The highest BCUT2D eigenvalue weighted by Crippen LogP contribution is 2.13. The number of rotatable bonds is 3. The summed E-state index contributed by atoms with van der Waals surface area (Å²) < 4.78 is 0. The molecule has 0 spiro atoms. The third kappa shape index (κ3) is 2.76. The van der Waals surface area contributed by atoms with Gasteiger partial charge in [-0.3, -0.25) is 4.98 Å². The van der Waals surface area contributed by atoms with Crippen molar-refractivity contribution in [2.45, 2.75) is 6.42 Å². The van der Waals surface area contributed by atoms with Gasteiger partial charge in [-0.1, -0.05) is 12.6 Å². The SMILES string of the molecule is C=C(Cc1ccccn1)SC. The molecule has 1 aromatic heterocycles. The van der Waals surface area contributed by atoms with Crippen molar-refractivity contribution < 1.29 is 0 Å². The Labute approximate surface area is 71.5 Å². The summed E-state index contributed by atoms with van der Waals surface area (Å²) in [7, 11) is 0. The van der Waals surface area contributed by atoms with E-state index in [-0.39, 0.29) is 0 Å². The second-order valence-corrected chi connectivity index (χ2v) is 3.23. The van der Waals surface area contributed by atoms with Gasteiger partial charge in [0.1, 0.15) is 0 Å². The van der Waals surface area contributed by atoms with Gasteiger partial charge in [-0.05, 0) is 23.3 Å². The molecule has 0 aliphatic carbocycles. The minimum absolute atomic E-state index is 0.877. The second-order valence-electron chi connectivity index (χ2n) is 2.24. The van der Waals surface area contributed by atoms with Gasteiger partial charge in [-0.25, -0.2) is 0 Å². The number of hydrogen-bond donors (Lipinski definition) is 0. The lowest BCUT2D eigenvalue weighted by Crippen LogP contribution is -1.88. The highest BCUT2D eigenvalue weighted by Gasteiger charge is 1.94. The van der Waals surface area contributed by atoms with Crippen LogP contribution >= 0.6 is 11.8 Å². The standard InChI is InChI=1S/C9H11NS/c1-8(11-2)7-9-5-3-4-6-10-9/h3-6H,1,7H2,2H3. The molecule has 0 aliphatic heterocycles. The Bertz CT molecular complexity index is 231. The first-order valence-corrected chi connectivity index (χ1v) is 4.67. The number of pyridine rings is 1. The fourth-order valence-electron chi connectivity index (χ4n) is 0.777. The zero-order valence-electron chi connectivity index (χ0n) is 6.58. The quantitative estimate of drug-likeness (QED) is 0.682. The monoisotopic (exact) mass is 165 g/mol. The zero-order valence-corrected chi connectivity index (χ0v) is 7.40. The molecular weight excluding hydrogens is 154 g/mol. The number of thioether (sulfide) groups is 1. The van der Waals surface area contributed by atoms with Crippen molar-refractivity contribution in [3.63, 3.8) is 0 Å². The van der Waals surface area contributed by atoms with Crippen LogP contribution in [0.2, 0.25) is 0 Å². The molecule has 0 saturated carbocycles. The highest BCUT2D eigenvalue weighted by atomic mass is 32.2. The third-order valence-corrected chi connectivity index (χ3v) is 2.11. The third-order valence-electron chi connectivity index (χ3n) is 1.39. The van der Waals surface area contributed by atoms with Crippen molar-refractivity contribution in [3.8, 4) is 0 Å². The summed E-state index contributed by atoms with van der Waals surface area (Å²) in [5.74, 6) is 0. The Morgan fingerprint density at radius 2 is 2.45 bits per heavy atom. The van der Waals surface area contributed by atoms with Crippen LogP contribution in [0, 0.1) is 0 Å². The lowest BCUT2D eigenvalue weighted by molar-refractivity contribution is 1.10. The molecule has 1 nitrogen and oxygen atoms in total. The minimum atomic E-state index is 0.877. The van der Waals surface area contributed by atoms with E-state index in [1.165, 1.54) is 0 Å². The van der Waals surface area contributed by atoms with E-state index in [9.17, 15) is 0 Å². The van der Waals surface area contributed by atoms with Gasteiger partial charge in [0.25, 0.3) is 0 Å². The highest BCUT2D eigenvalue weighted by molar-refractivity contribution is 8.02. The molecule has 11 heavy (non-hydrogen) atoms. The van der Waals surface area contributed by atoms with Gasteiger partial charge in [0.15, 0.2) is 0 Å². The van der Waals surface area contributed by atoms with Crippen molar-refractivity contribution in [2.24, 2.45) is 0 Å². The van der Waals surface area contributed by atoms with Crippen LogP contribution in [0.3, 0.4) is 0 Å². The minimum Gasteiger partial charge on any atom is -0.261 e. The van der Waals surface area contributed by atoms with Crippen molar-refractivity contribution in [1.29, 1.82) is 0 Å². The Hall–Kier alpha value is -0.760. The van der Waals surface area contributed by atoms with E-state index in [0.29, 0.717) is 0 Å². The topological polar surface area (TPSA) is 12.9 Å². The van der Waals surface area contributed by atoms with Gasteiger partial charge < -0.3 is 0 Å². The van der Waals surface area contributed by atoms with Crippen LogP contribution in [0.1, 0.15) is 5.69 Å². The van der Waals surface area contributed by atoms with Crippen LogP contribution < -0.4 is 0 Å². The molecule has 0 bridgehead atoms. The van der Waals surface area contributed by atoms with E-state index in [0.717, 1.165) is 17.0 Å². The first-order chi connectivity index (χ1) is 5.33. The summed E-state index contributed by atoms with van der Waals surface area (Å²) in [6.07, 6.45) is 4.72. The number of allylic oxidation sites excluding steroid dienone is 1. The summed E-state index contributed by atoms with van der Waals surface area (Å²) in [6, 6.07) is 5.93. The molecule has 1 aromatic rings. The number of hydrogen-bond acceptors (Lipinski definition) is 2. The average Bonchev–Trinajstić information content (AvgIpc) is 2.06. The molecule has 2 heteroatoms. The van der Waals surface area contributed by atoms with E-state index in [4.69, 9.17) is 0 Å². The van der Waals surface area contributed by atoms with Gasteiger partial charge in [-0.2, -0.15) is 0 Å². The fraction of sp³-hybridized carbons (Fsp3) is 0.222. The zero-order chi connectivity index (χ0) is 8.10. The molecule has 1 rings (SSSR count). The van der Waals surface area contributed by atoms with Crippen molar-refractivity contribution in [3.05, 3.63) is 41.6 Å². The smallest absolute Gasteiger partial charge is 0.0452 e. The predicted molar refractivity (Wildman–Crippen MR) is 50.6 cm³/mol. The maximum Gasteiger partial charge on any atom is 0.0452 e. The van der Waals surface area contributed by atoms with E-state index < -0.39 is 0 Å². The molecule has 0 atom stereocenters. The normalized spacial score (nSPS) is 9.55. The number of aromatic nitrogens is 1. The van der Waals surface area contributed by atoms with E-state index in [1.807, 2.05) is 30.7 Å². The first kappa shape index (κ1) is 8.34. The largest absolute Gasteiger partial charge is 0.261 e. The number of nitrogens with zero attached hydrogens (tertiary/aromatic N) is 1. The van der Waals surface area contributed by atoms with E-state index in [1.54, 1.807) is 11.8 Å². The molecule has 0 unspecified atom stereocenters. The van der Waals surface area contributed by atoms with Crippen LogP contribution in [-0.2, 0) is 6.42 Å². The van der Waals surface area contributed by atoms with Crippen LogP contribution in [0.5, 0.6) is 0 Å². The van der Waals surface area contributed by atoms with Crippen LogP contribution in [0.15, 0.2) is 35.9 Å². The molecule has 0 radical (unpaired) electrons. The molecule has 1 heterocycles. The molecule has 0 aromatic carbocycles. The van der Waals surface area contributed by atoms with Crippen molar-refractivity contribution in [1.82, 2.24) is 4.98 Å². The molecule has 0 fully saturated rings. The van der Waals surface area contributed by atoms with Gasteiger partial charge >= 0.3 is 0 Å². The average molecular weight is 165 g/mol. The molecule has 0 aliphatic rings. The molecule has 0 saturated heterocycles. The Kier molecular flexibility index (Phi) is 3.17. The maximum atomic E-state index is 4.19. The van der Waals surface area contributed by atoms with Crippen LogP contribution in [0.25, 0.3) is 0 Å². The van der Waals surface area contributed by atoms with E-state index >= 15 is 0 Å². The first-order valence-electron chi connectivity index (χ1n) is 3.44. The predicted octanol–water partition coefficient (Wildman–Crippen LogP) is 2.50. The molecule has 0 N–H and O–H groups in total. The van der Waals surface area contributed by atoms with Crippen LogP contribution in [-0.4, -0.2) is 11.2 Å². The molecule has 0 amide bonds. The fourth-order valence-corrected chi connectivity index (χ4v) is 1.07. The van der Waals surface area contributed by atoms with E-state index in [2.05, 4.69) is 11.6 Å². The Morgan fingerprint density at radius 3 is 3.00 bits per heavy atom.